The van der Waals surface area contributed by atoms with E-state index in [4.69, 9.17) is 5.26 Å². The summed E-state index contributed by atoms with van der Waals surface area (Å²) in [5.74, 6) is 1.91. The van der Waals surface area contributed by atoms with E-state index in [9.17, 15) is 0 Å². The van der Waals surface area contributed by atoms with Crippen molar-refractivity contribution in [3.05, 3.63) is 53.7 Å². The molecular formula is C24H30N2. The summed E-state index contributed by atoms with van der Waals surface area (Å²) in [6, 6.07) is 14.7. The van der Waals surface area contributed by atoms with Crippen molar-refractivity contribution in [2.75, 3.05) is 0 Å². The summed E-state index contributed by atoms with van der Waals surface area (Å²) < 4.78 is 0. The molecule has 1 aliphatic carbocycles. The molecule has 1 saturated carbocycles. The Morgan fingerprint density at radius 3 is 2.46 bits per heavy atom. The molecule has 2 unspecified atom stereocenters. The summed E-state index contributed by atoms with van der Waals surface area (Å²) in [5.41, 5.74) is 4.09. The van der Waals surface area contributed by atoms with Crippen LogP contribution in [-0.2, 0) is 6.42 Å². The third kappa shape index (κ3) is 5.18. The van der Waals surface area contributed by atoms with Crippen molar-refractivity contribution in [2.45, 2.75) is 64.7 Å². The molecule has 2 nitrogen and oxygen atoms in total. The lowest BCUT2D eigenvalue weighted by molar-refractivity contribution is 0.241. The molecule has 1 heterocycles. The quantitative estimate of drug-likeness (QED) is 0.570. The van der Waals surface area contributed by atoms with Gasteiger partial charge in [-0.05, 0) is 48.8 Å². The molecule has 0 saturated heterocycles. The van der Waals surface area contributed by atoms with Crippen molar-refractivity contribution in [2.24, 2.45) is 11.8 Å². The molecule has 2 heteroatoms. The highest BCUT2D eigenvalue weighted by atomic mass is 14.7. The highest BCUT2D eigenvalue weighted by Crippen LogP contribution is 2.34. The molecule has 0 radical (unpaired) electrons. The topological polar surface area (TPSA) is 36.7 Å². The van der Waals surface area contributed by atoms with Crippen LogP contribution < -0.4 is 0 Å². The zero-order valence-electron chi connectivity index (χ0n) is 16.0. The van der Waals surface area contributed by atoms with Crippen LogP contribution in [0.25, 0.3) is 11.3 Å². The number of nitriles is 1. The van der Waals surface area contributed by atoms with Gasteiger partial charge in [0.05, 0.1) is 11.3 Å². The van der Waals surface area contributed by atoms with E-state index >= 15 is 0 Å². The zero-order chi connectivity index (χ0) is 18.2. The first-order valence-corrected chi connectivity index (χ1v) is 10.2. The van der Waals surface area contributed by atoms with E-state index in [1.807, 2.05) is 12.1 Å². The standard InChI is InChI=1S/C24H30N2/c1-2-3-5-20-6-4-7-21(16-20)9-8-19-10-13-23(14-11-19)24-15-12-22(17-25)18-26-24/h10-15,18,20-21H,2-9,16H2,1H3. The van der Waals surface area contributed by atoms with Crippen molar-refractivity contribution in [3.63, 3.8) is 0 Å². The Kier molecular flexibility index (Phi) is 6.83. The zero-order valence-corrected chi connectivity index (χ0v) is 16.0. The first-order chi connectivity index (χ1) is 12.8. The minimum absolute atomic E-state index is 0.607. The second kappa shape index (κ2) is 9.53. The molecule has 0 N–H and O–H groups in total. The molecule has 3 rings (SSSR count). The van der Waals surface area contributed by atoms with Crippen LogP contribution in [0.3, 0.4) is 0 Å². The molecule has 0 amide bonds. The van der Waals surface area contributed by atoms with Crippen LogP contribution in [0, 0.1) is 23.2 Å². The molecule has 1 aromatic carbocycles. The summed E-state index contributed by atoms with van der Waals surface area (Å²) in [6.07, 6.45) is 14.1. The lowest BCUT2D eigenvalue weighted by Crippen LogP contribution is -2.16. The number of aryl methyl sites for hydroxylation is 1. The van der Waals surface area contributed by atoms with Crippen LogP contribution >= 0.6 is 0 Å². The number of aromatic nitrogens is 1. The Morgan fingerprint density at radius 1 is 1.04 bits per heavy atom. The van der Waals surface area contributed by atoms with Gasteiger partial charge in [0.25, 0.3) is 0 Å². The van der Waals surface area contributed by atoms with Gasteiger partial charge in [-0.1, -0.05) is 69.7 Å². The Balaban J connectivity index is 1.52. The second-order valence-electron chi connectivity index (χ2n) is 7.82. The summed E-state index contributed by atoms with van der Waals surface area (Å²) in [6.45, 7) is 2.30. The van der Waals surface area contributed by atoms with E-state index in [0.29, 0.717) is 5.56 Å². The van der Waals surface area contributed by atoms with Gasteiger partial charge in [0.2, 0.25) is 0 Å². The summed E-state index contributed by atoms with van der Waals surface area (Å²) in [4.78, 5) is 4.38. The van der Waals surface area contributed by atoms with Gasteiger partial charge in [0.15, 0.2) is 0 Å². The van der Waals surface area contributed by atoms with E-state index < -0.39 is 0 Å². The van der Waals surface area contributed by atoms with Gasteiger partial charge in [-0.15, -0.1) is 0 Å². The minimum Gasteiger partial charge on any atom is -0.255 e. The first kappa shape index (κ1) is 18.6. The normalized spacial score (nSPS) is 19.8. The molecular weight excluding hydrogens is 316 g/mol. The Labute approximate surface area is 158 Å². The molecule has 1 aliphatic rings. The molecule has 1 fully saturated rings. The molecule has 0 spiro atoms. The maximum atomic E-state index is 8.87. The maximum absolute atomic E-state index is 8.87. The molecule has 136 valence electrons. The fourth-order valence-corrected chi connectivity index (χ4v) is 4.26. The van der Waals surface area contributed by atoms with Gasteiger partial charge in [-0.2, -0.15) is 5.26 Å². The molecule has 2 aromatic rings. The lowest BCUT2D eigenvalue weighted by Gasteiger charge is -2.29. The van der Waals surface area contributed by atoms with Crippen molar-refractivity contribution < 1.29 is 0 Å². The van der Waals surface area contributed by atoms with E-state index in [1.54, 1.807) is 6.20 Å². The third-order valence-electron chi connectivity index (χ3n) is 5.84. The van der Waals surface area contributed by atoms with Crippen LogP contribution in [-0.4, -0.2) is 4.98 Å². The van der Waals surface area contributed by atoms with Crippen molar-refractivity contribution in [1.29, 1.82) is 5.26 Å². The molecule has 2 atom stereocenters. The predicted molar refractivity (Wildman–Crippen MR) is 108 cm³/mol. The van der Waals surface area contributed by atoms with E-state index in [1.165, 1.54) is 63.4 Å². The van der Waals surface area contributed by atoms with Crippen LogP contribution in [0.2, 0.25) is 0 Å². The maximum Gasteiger partial charge on any atom is 0.101 e. The van der Waals surface area contributed by atoms with Gasteiger partial charge in [-0.3, -0.25) is 4.98 Å². The van der Waals surface area contributed by atoms with Crippen LogP contribution in [0.15, 0.2) is 42.6 Å². The van der Waals surface area contributed by atoms with Crippen molar-refractivity contribution in [3.8, 4) is 17.3 Å². The summed E-state index contributed by atoms with van der Waals surface area (Å²) in [5, 5.41) is 8.87. The number of hydrogen-bond donors (Lipinski definition) is 0. The third-order valence-corrected chi connectivity index (χ3v) is 5.84. The average Bonchev–Trinajstić information content (AvgIpc) is 2.71. The predicted octanol–water partition coefficient (Wildman–Crippen LogP) is 6.55. The lowest BCUT2D eigenvalue weighted by atomic mass is 9.77. The first-order valence-electron chi connectivity index (χ1n) is 10.2. The van der Waals surface area contributed by atoms with E-state index in [-0.39, 0.29) is 0 Å². The SMILES string of the molecule is CCCCC1CCCC(CCc2ccc(-c3ccc(C#N)cn3)cc2)C1. The number of pyridine rings is 1. The van der Waals surface area contributed by atoms with Crippen LogP contribution in [0.5, 0.6) is 0 Å². The second-order valence-corrected chi connectivity index (χ2v) is 7.82. The molecule has 26 heavy (non-hydrogen) atoms. The van der Waals surface area contributed by atoms with Gasteiger partial charge < -0.3 is 0 Å². The van der Waals surface area contributed by atoms with E-state index in [0.717, 1.165) is 23.1 Å². The van der Waals surface area contributed by atoms with Crippen LogP contribution in [0.1, 0.15) is 69.4 Å². The number of benzene rings is 1. The molecule has 0 aliphatic heterocycles. The molecule has 0 bridgehead atoms. The fraction of sp³-hybridized carbons (Fsp3) is 0.500. The highest BCUT2D eigenvalue weighted by Gasteiger charge is 2.21. The Morgan fingerprint density at radius 2 is 1.81 bits per heavy atom. The van der Waals surface area contributed by atoms with Crippen molar-refractivity contribution >= 4 is 0 Å². The van der Waals surface area contributed by atoms with Crippen molar-refractivity contribution in [1.82, 2.24) is 4.98 Å². The average molecular weight is 347 g/mol. The van der Waals surface area contributed by atoms with Gasteiger partial charge in [0, 0.05) is 11.8 Å². The number of unbranched alkanes of at least 4 members (excludes halogenated alkanes) is 1. The summed E-state index contributed by atoms with van der Waals surface area (Å²) >= 11 is 0. The Hall–Kier alpha value is -2.14. The van der Waals surface area contributed by atoms with Gasteiger partial charge in [-0.25, -0.2) is 0 Å². The monoisotopic (exact) mass is 346 g/mol. The summed E-state index contributed by atoms with van der Waals surface area (Å²) in [7, 11) is 0. The molecule has 1 aromatic heterocycles. The van der Waals surface area contributed by atoms with Gasteiger partial charge in [0.1, 0.15) is 6.07 Å². The number of rotatable bonds is 7. The largest absolute Gasteiger partial charge is 0.255 e. The fourth-order valence-electron chi connectivity index (χ4n) is 4.26. The van der Waals surface area contributed by atoms with E-state index in [2.05, 4.69) is 42.2 Å². The van der Waals surface area contributed by atoms with Crippen LogP contribution in [0.4, 0.5) is 0 Å². The Bertz CT molecular complexity index is 709. The van der Waals surface area contributed by atoms with Gasteiger partial charge >= 0.3 is 0 Å². The minimum atomic E-state index is 0.607. The number of nitrogens with zero attached hydrogens (tertiary/aromatic N) is 2. The highest BCUT2D eigenvalue weighted by molar-refractivity contribution is 5.59. The number of hydrogen-bond acceptors (Lipinski definition) is 2. The smallest absolute Gasteiger partial charge is 0.101 e.